The van der Waals surface area contributed by atoms with E-state index < -0.39 is 0 Å². The van der Waals surface area contributed by atoms with E-state index in [9.17, 15) is 9.90 Å². The molecule has 26 heavy (non-hydrogen) atoms. The molecule has 3 saturated heterocycles. The number of phenolic OH excluding ortho intramolecular Hbond substituents is 1. The van der Waals surface area contributed by atoms with Crippen molar-refractivity contribution in [2.24, 2.45) is 11.8 Å². The molecule has 1 unspecified atom stereocenters. The summed E-state index contributed by atoms with van der Waals surface area (Å²) >= 11 is 0. The van der Waals surface area contributed by atoms with Gasteiger partial charge in [0.1, 0.15) is 5.75 Å². The van der Waals surface area contributed by atoms with Crippen molar-refractivity contribution in [1.29, 1.82) is 0 Å². The van der Waals surface area contributed by atoms with Crippen molar-refractivity contribution < 1.29 is 14.6 Å². The van der Waals surface area contributed by atoms with E-state index in [-0.39, 0.29) is 23.5 Å². The highest BCUT2D eigenvalue weighted by Gasteiger charge is 2.71. The van der Waals surface area contributed by atoms with Crippen LogP contribution in [0.15, 0.2) is 29.8 Å². The van der Waals surface area contributed by atoms with Crippen LogP contribution in [0.2, 0.25) is 0 Å². The fourth-order valence-electron chi connectivity index (χ4n) is 7.54. The number of carbonyl (C=O) groups is 1. The number of piperidine rings is 2. The van der Waals surface area contributed by atoms with Gasteiger partial charge in [0.25, 0.3) is 0 Å². The summed E-state index contributed by atoms with van der Waals surface area (Å²) in [6.07, 6.45) is 5.07. The van der Waals surface area contributed by atoms with E-state index in [0.717, 1.165) is 25.2 Å². The van der Waals surface area contributed by atoms with Gasteiger partial charge in [-0.05, 0) is 49.1 Å². The van der Waals surface area contributed by atoms with E-state index >= 15 is 0 Å². The molecule has 1 aromatic rings. The number of nitrogens with zero attached hydrogens (tertiary/aromatic N) is 2. The van der Waals surface area contributed by atoms with Crippen LogP contribution in [0.25, 0.3) is 0 Å². The number of phenols is 1. The lowest BCUT2D eigenvalue weighted by atomic mass is 9.53. The van der Waals surface area contributed by atoms with Crippen molar-refractivity contribution >= 4 is 11.6 Å². The van der Waals surface area contributed by atoms with Gasteiger partial charge in [0, 0.05) is 29.6 Å². The second-order valence-electron chi connectivity index (χ2n) is 8.96. The molecule has 1 amide bonds. The lowest BCUT2D eigenvalue weighted by Crippen LogP contribution is -2.69. The van der Waals surface area contributed by atoms with Crippen LogP contribution in [0, 0.1) is 11.8 Å². The monoisotopic (exact) mass is 350 g/mol. The average Bonchev–Trinajstić information content (AvgIpc) is 3.09. The Balaban J connectivity index is 1.55. The van der Waals surface area contributed by atoms with Crippen LogP contribution < -0.4 is 4.90 Å². The molecule has 6 aliphatic rings. The number of amides is 1. The lowest BCUT2D eigenvalue weighted by Gasteiger charge is -2.58. The van der Waals surface area contributed by atoms with Gasteiger partial charge in [-0.2, -0.15) is 0 Å². The van der Waals surface area contributed by atoms with Gasteiger partial charge in [-0.15, -0.1) is 0 Å². The maximum absolute atomic E-state index is 13.2. The van der Waals surface area contributed by atoms with Crippen LogP contribution in [-0.2, 0) is 14.9 Å². The zero-order chi connectivity index (χ0) is 17.2. The third kappa shape index (κ3) is 1.37. The summed E-state index contributed by atoms with van der Waals surface area (Å²) in [6.45, 7) is 2.78. The maximum Gasteiger partial charge on any atom is 0.229 e. The molecule has 0 radical (unpaired) electrons. The molecular weight excluding hydrogens is 328 g/mol. The van der Waals surface area contributed by atoms with Crippen molar-refractivity contribution in [3.63, 3.8) is 0 Å². The summed E-state index contributed by atoms with van der Waals surface area (Å²) in [5.41, 5.74) is 3.75. The third-order valence-corrected chi connectivity index (χ3v) is 8.29. The van der Waals surface area contributed by atoms with Gasteiger partial charge in [0.2, 0.25) is 5.91 Å². The van der Waals surface area contributed by atoms with Crippen LogP contribution in [0.5, 0.6) is 5.75 Å². The maximum atomic E-state index is 13.2. The number of hydrogen-bond donors (Lipinski definition) is 1. The molecule has 2 bridgehead atoms. The molecule has 1 aliphatic carbocycles. The average molecular weight is 350 g/mol. The van der Waals surface area contributed by atoms with Crippen molar-refractivity contribution in [2.45, 2.75) is 42.9 Å². The first kappa shape index (κ1) is 14.2. The number of carbonyl (C=O) groups excluding carboxylic acids is 1. The molecule has 1 aromatic carbocycles. The van der Waals surface area contributed by atoms with E-state index in [0.29, 0.717) is 36.7 Å². The quantitative estimate of drug-likeness (QED) is 0.725. The van der Waals surface area contributed by atoms with Crippen LogP contribution in [0.4, 0.5) is 5.69 Å². The molecule has 0 aromatic heterocycles. The zero-order valence-corrected chi connectivity index (χ0v) is 14.6. The third-order valence-electron chi connectivity index (χ3n) is 8.29. The predicted molar refractivity (Wildman–Crippen MR) is 95.1 cm³/mol. The molecule has 4 fully saturated rings. The minimum Gasteiger partial charge on any atom is -0.508 e. The Morgan fingerprint density at radius 1 is 1.31 bits per heavy atom. The molecule has 134 valence electrons. The lowest BCUT2D eigenvalue weighted by molar-refractivity contribution is -0.132. The van der Waals surface area contributed by atoms with Crippen LogP contribution in [-0.4, -0.2) is 53.8 Å². The van der Waals surface area contributed by atoms with Gasteiger partial charge in [-0.3, -0.25) is 9.69 Å². The van der Waals surface area contributed by atoms with Gasteiger partial charge < -0.3 is 14.7 Å². The summed E-state index contributed by atoms with van der Waals surface area (Å²) in [6, 6.07) is 6.31. The molecule has 1 N–H and O–H groups in total. The first-order chi connectivity index (χ1) is 12.7. The number of aromatic hydroxyl groups is 1. The Kier molecular flexibility index (Phi) is 2.38. The molecule has 5 heteroatoms. The number of ether oxygens (including phenoxy) is 1. The van der Waals surface area contributed by atoms with E-state index in [1.807, 2.05) is 12.1 Å². The molecule has 1 saturated carbocycles. The van der Waals surface area contributed by atoms with E-state index in [1.54, 1.807) is 6.07 Å². The predicted octanol–water partition coefficient (Wildman–Crippen LogP) is 1.80. The summed E-state index contributed by atoms with van der Waals surface area (Å²) in [5.74, 6) is 1.43. The molecule has 5 nitrogen and oxygen atoms in total. The fourth-order valence-corrected chi connectivity index (χ4v) is 7.54. The number of anilines is 1. The molecule has 5 aliphatic heterocycles. The van der Waals surface area contributed by atoms with Gasteiger partial charge in [0.15, 0.2) is 0 Å². The van der Waals surface area contributed by atoms with Crippen LogP contribution >= 0.6 is 0 Å². The Bertz CT molecular complexity index is 895. The molecule has 1 spiro atoms. The van der Waals surface area contributed by atoms with E-state index in [1.165, 1.54) is 17.6 Å². The molecule has 6 atom stereocenters. The van der Waals surface area contributed by atoms with Gasteiger partial charge in [-0.1, -0.05) is 11.6 Å². The first-order valence-electron chi connectivity index (χ1n) is 9.88. The highest BCUT2D eigenvalue weighted by Crippen LogP contribution is 2.65. The molecule has 7 rings (SSSR count). The smallest absolute Gasteiger partial charge is 0.229 e. The summed E-state index contributed by atoms with van der Waals surface area (Å²) in [5, 5.41) is 10.2. The Morgan fingerprint density at radius 2 is 2.23 bits per heavy atom. The minimum atomic E-state index is -0.0389. The number of benzene rings is 1. The van der Waals surface area contributed by atoms with Crippen LogP contribution in [0.1, 0.15) is 24.8 Å². The zero-order valence-electron chi connectivity index (χ0n) is 14.6. The van der Waals surface area contributed by atoms with Gasteiger partial charge in [-0.25, -0.2) is 0 Å². The normalized spacial score (nSPS) is 44.6. The highest BCUT2D eigenvalue weighted by molar-refractivity contribution is 5.99. The fraction of sp³-hybridized carbons (Fsp3) is 0.571. The van der Waals surface area contributed by atoms with Gasteiger partial charge >= 0.3 is 0 Å². The standard InChI is InChI=1S/C21H22N2O3/c24-12-1-2-15-14(7-12)21-4-5-22-10-11-3-6-26-16-9-18(25)23(15)20(21)19(16)13(11)8-17(21)22/h1-3,7,13,16-17,19-20,24H,4-6,8-10H2/t13-,16-,17-,19-,20-,21?/m0/s1. The Morgan fingerprint density at radius 3 is 3.15 bits per heavy atom. The second kappa shape index (κ2) is 4.34. The van der Waals surface area contributed by atoms with Crippen molar-refractivity contribution in [3.05, 3.63) is 35.4 Å². The first-order valence-corrected chi connectivity index (χ1v) is 9.88. The van der Waals surface area contributed by atoms with Crippen LogP contribution in [0.3, 0.4) is 0 Å². The highest BCUT2D eigenvalue weighted by atomic mass is 16.5. The molecule has 5 heterocycles. The Labute approximate surface area is 152 Å². The van der Waals surface area contributed by atoms with E-state index in [4.69, 9.17) is 4.74 Å². The number of rotatable bonds is 0. The summed E-state index contributed by atoms with van der Waals surface area (Å²) in [7, 11) is 0. The topological polar surface area (TPSA) is 53.0 Å². The number of fused-ring (bicyclic) bond motifs is 2. The van der Waals surface area contributed by atoms with Crippen molar-refractivity contribution in [1.82, 2.24) is 4.90 Å². The summed E-state index contributed by atoms with van der Waals surface area (Å²) in [4.78, 5) is 17.9. The second-order valence-corrected chi connectivity index (χ2v) is 8.96. The minimum absolute atomic E-state index is 0.0374. The summed E-state index contributed by atoms with van der Waals surface area (Å²) < 4.78 is 6.22. The number of hydrogen-bond acceptors (Lipinski definition) is 4. The van der Waals surface area contributed by atoms with Crippen molar-refractivity contribution in [2.75, 3.05) is 24.6 Å². The Hall–Kier alpha value is -1.85. The van der Waals surface area contributed by atoms with Gasteiger partial charge in [0.05, 0.1) is 25.2 Å². The van der Waals surface area contributed by atoms with E-state index in [2.05, 4.69) is 15.9 Å². The SMILES string of the molecule is O=C1C[C@@H]2OCC=C3CN4CCC56c7cc(O)ccc7N1[C@H]5[C@H]2[C@H]3C[C@H]46. The van der Waals surface area contributed by atoms with Crippen molar-refractivity contribution in [3.8, 4) is 5.75 Å². The molecular formula is C21H22N2O3. The largest absolute Gasteiger partial charge is 0.508 e.